The van der Waals surface area contributed by atoms with Crippen LogP contribution in [0, 0.1) is 0 Å². The van der Waals surface area contributed by atoms with E-state index in [9.17, 15) is 4.79 Å². The highest BCUT2D eigenvalue weighted by Crippen LogP contribution is 2.18. The standard InChI is InChI=1S/C12H19N3O2/c1-9(17-11-7-13-15(2)8-11)12(16)14-10-5-3-4-6-10/h7-10H,3-6H2,1-2H3,(H,14,16). The first-order chi connectivity index (χ1) is 8.15. The predicted molar refractivity (Wildman–Crippen MR) is 63.7 cm³/mol. The SMILES string of the molecule is CC(Oc1cnn(C)c1)C(=O)NC1CCCC1. The van der Waals surface area contributed by atoms with E-state index < -0.39 is 6.10 Å². The Morgan fingerprint density at radius 3 is 2.88 bits per heavy atom. The maximum Gasteiger partial charge on any atom is 0.260 e. The first-order valence-electron chi connectivity index (χ1n) is 6.11. The van der Waals surface area contributed by atoms with Gasteiger partial charge in [0.1, 0.15) is 0 Å². The maximum atomic E-state index is 11.8. The van der Waals surface area contributed by atoms with Crippen LogP contribution in [-0.2, 0) is 11.8 Å². The second kappa shape index (κ2) is 5.21. The smallest absolute Gasteiger partial charge is 0.260 e. The molecule has 1 heterocycles. The number of aromatic nitrogens is 2. The summed E-state index contributed by atoms with van der Waals surface area (Å²) >= 11 is 0. The zero-order chi connectivity index (χ0) is 12.3. The maximum absolute atomic E-state index is 11.8. The minimum absolute atomic E-state index is 0.0410. The van der Waals surface area contributed by atoms with Crippen molar-refractivity contribution in [2.75, 3.05) is 0 Å². The largest absolute Gasteiger partial charge is 0.478 e. The van der Waals surface area contributed by atoms with Gasteiger partial charge in [0.2, 0.25) is 0 Å². The molecule has 1 amide bonds. The average Bonchev–Trinajstić information content (AvgIpc) is 2.90. The van der Waals surface area contributed by atoms with Crippen LogP contribution in [0.15, 0.2) is 12.4 Å². The topological polar surface area (TPSA) is 56.2 Å². The van der Waals surface area contributed by atoms with Gasteiger partial charge < -0.3 is 10.1 Å². The van der Waals surface area contributed by atoms with Crippen molar-refractivity contribution in [1.82, 2.24) is 15.1 Å². The van der Waals surface area contributed by atoms with Crippen LogP contribution < -0.4 is 10.1 Å². The molecule has 5 heteroatoms. The summed E-state index contributed by atoms with van der Waals surface area (Å²) in [5.74, 6) is 0.585. The molecule has 1 aromatic heterocycles. The Morgan fingerprint density at radius 2 is 2.29 bits per heavy atom. The summed E-state index contributed by atoms with van der Waals surface area (Å²) in [6.45, 7) is 1.76. The summed E-state index contributed by atoms with van der Waals surface area (Å²) in [6, 6.07) is 0.336. The van der Waals surface area contributed by atoms with Crippen LogP contribution in [0.5, 0.6) is 5.75 Å². The van der Waals surface area contributed by atoms with Crippen molar-refractivity contribution >= 4 is 5.91 Å². The lowest BCUT2D eigenvalue weighted by Crippen LogP contribution is -2.41. The molecule has 1 fully saturated rings. The third kappa shape index (κ3) is 3.22. The summed E-state index contributed by atoms with van der Waals surface area (Å²) in [6.07, 6.45) is 7.49. The molecule has 1 aliphatic rings. The van der Waals surface area contributed by atoms with Gasteiger partial charge in [-0.25, -0.2) is 0 Å². The number of amides is 1. The Bertz CT molecular complexity index is 383. The summed E-state index contributed by atoms with van der Waals surface area (Å²) in [4.78, 5) is 11.8. The first kappa shape index (κ1) is 12.0. The van der Waals surface area contributed by atoms with Gasteiger partial charge in [0.05, 0.1) is 12.4 Å². The van der Waals surface area contributed by atoms with Gasteiger partial charge in [-0.2, -0.15) is 5.10 Å². The van der Waals surface area contributed by atoms with Crippen LogP contribution >= 0.6 is 0 Å². The number of nitrogens with one attached hydrogen (secondary N) is 1. The number of hydrogen-bond donors (Lipinski definition) is 1. The van der Waals surface area contributed by atoms with Crippen LogP contribution in [0.1, 0.15) is 32.6 Å². The fraction of sp³-hybridized carbons (Fsp3) is 0.667. The molecule has 0 radical (unpaired) electrons. The number of nitrogens with zero attached hydrogens (tertiary/aromatic N) is 2. The molecule has 94 valence electrons. The Balaban J connectivity index is 1.82. The number of rotatable bonds is 4. The molecule has 17 heavy (non-hydrogen) atoms. The molecule has 5 nitrogen and oxygen atoms in total. The fourth-order valence-corrected chi connectivity index (χ4v) is 2.11. The van der Waals surface area contributed by atoms with Crippen molar-refractivity contribution in [1.29, 1.82) is 0 Å². The van der Waals surface area contributed by atoms with Gasteiger partial charge in [-0.15, -0.1) is 0 Å². The normalized spacial score (nSPS) is 18.0. The van der Waals surface area contributed by atoms with Gasteiger partial charge >= 0.3 is 0 Å². The van der Waals surface area contributed by atoms with Gasteiger partial charge in [0, 0.05) is 13.1 Å². The van der Waals surface area contributed by atoms with Crippen LogP contribution in [0.4, 0.5) is 0 Å². The third-order valence-electron chi connectivity index (χ3n) is 3.06. The van der Waals surface area contributed by atoms with E-state index in [1.165, 1.54) is 12.8 Å². The quantitative estimate of drug-likeness (QED) is 0.857. The van der Waals surface area contributed by atoms with Crippen LogP contribution in [0.2, 0.25) is 0 Å². The molecule has 1 unspecified atom stereocenters. The fourth-order valence-electron chi connectivity index (χ4n) is 2.11. The zero-order valence-electron chi connectivity index (χ0n) is 10.3. The minimum atomic E-state index is -0.472. The molecule has 0 aromatic carbocycles. The summed E-state index contributed by atoms with van der Waals surface area (Å²) in [5.41, 5.74) is 0. The molecule has 1 saturated carbocycles. The van der Waals surface area contributed by atoms with Crippen LogP contribution in [-0.4, -0.2) is 27.8 Å². The van der Waals surface area contributed by atoms with Crippen molar-refractivity contribution in [3.8, 4) is 5.75 Å². The van der Waals surface area contributed by atoms with Crippen LogP contribution in [0.3, 0.4) is 0 Å². The Hall–Kier alpha value is -1.52. The van der Waals surface area contributed by atoms with Gasteiger partial charge in [-0.1, -0.05) is 12.8 Å². The lowest BCUT2D eigenvalue weighted by molar-refractivity contribution is -0.127. The van der Waals surface area contributed by atoms with Crippen molar-refractivity contribution in [2.24, 2.45) is 7.05 Å². The van der Waals surface area contributed by atoms with Crippen molar-refractivity contribution in [3.63, 3.8) is 0 Å². The summed E-state index contributed by atoms with van der Waals surface area (Å²) < 4.78 is 7.16. The molecular weight excluding hydrogens is 218 g/mol. The van der Waals surface area contributed by atoms with Gasteiger partial charge in [-0.3, -0.25) is 9.48 Å². The number of aryl methyl sites for hydroxylation is 1. The summed E-state index contributed by atoms with van der Waals surface area (Å²) in [7, 11) is 1.82. The van der Waals surface area contributed by atoms with E-state index in [0.717, 1.165) is 12.8 Å². The Morgan fingerprint density at radius 1 is 1.59 bits per heavy atom. The van der Waals surface area contributed by atoms with E-state index in [0.29, 0.717) is 11.8 Å². The molecule has 0 aliphatic heterocycles. The average molecular weight is 237 g/mol. The number of hydrogen-bond acceptors (Lipinski definition) is 3. The van der Waals surface area contributed by atoms with E-state index in [1.807, 2.05) is 7.05 Å². The number of carbonyl (C=O) groups is 1. The molecule has 0 saturated heterocycles. The molecule has 2 rings (SSSR count). The van der Waals surface area contributed by atoms with E-state index in [1.54, 1.807) is 24.0 Å². The molecule has 0 bridgehead atoms. The highest BCUT2D eigenvalue weighted by molar-refractivity contribution is 5.81. The predicted octanol–water partition coefficient (Wildman–Crippen LogP) is 1.25. The first-order valence-corrected chi connectivity index (χ1v) is 6.11. The summed E-state index contributed by atoms with van der Waals surface area (Å²) in [5, 5.41) is 7.01. The molecule has 1 N–H and O–H groups in total. The molecule has 0 spiro atoms. The minimum Gasteiger partial charge on any atom is -0.478 e. The highest BCUT2D eigenvalue weighted by Gasteiger charge is 2.21. The van der Waals surface area contributed by atoms with E-state index in [4.69, 9.17) is 4.74 Å². The number of ether oxygens (including phenoxy) is 1. The zero-order valence-corrected chi connectivity index (χ0v) is 10.3. The lowest BCUT2D eigenvalue weighted by atomic mass is 10.2. The van der Waals surface area contributed by atoms with Crippen molar-refractivity contribution in [3.05, 3.63) is 12.4 Å². The Kier molecular flexibility index (Phi) is 3.66. The van der Waals surface area contributed by atoms with E-state index in [2.05, 4.69) is 10.4 Å². The van der Waals surface area contributed by atoms with Crippen LogP contribution in [0.25, 0.3) is 0 Å². The molecule has 1 atom stereocenters. The van der Waals surface area contributed by atoms with Gasteiger partial charge in [-0.05, 0) is 19.8 Å². The second-order valence-corrected chi connectivity index (χ2v) is 4.60. The molecule has 1 aromatic rings. The van der Waals surface area contributed by atoms with Gasteiger partial charge in [0.25, 0.3) is 5.91 Å². The molecule has 1 aliphatic carbocycles. The van der Waals surface area contributed by atoms with E-state index >= 15 is 0 Å². The second-order valence-electron chi connectivity index (χ2n) is 4.60. The van der Waals surface area contributed by atoms with E-state index in [-0.39, 0.29) is 5.91 Å². The van der Waals surface area contributed by atoms with Crippen molar-refractivity contribution in [2.45, 2.75) is 44.8 Å². The van der Waals surface area contributed by atoms with Crippen molar-refractivity contribution < 1.29 is 9.53 Å². The highest BCUT2D eigenvalue weighted by atomic mass is 16.5. The number of carbonyl (C=O) groups excluding carboxylic acids is 1. The van der Waals surface area contributed by atoms with Gasteiger partial charge in [0.15, 0.2) is 11.9 Å². The lowest BCUT2D eigenvalue weighted by Gasteiger charge is -2.17. The monoisotopic (exact) mass is 237 g/mol. The Labute approximate surface area is 101 Å². The third-order valence-corrected chi connectivity index (χ3v) is 3.06. The molecular formula is C12H19N3O2.